The molecule has 2 aliphatic heterocycles. The standard InChI is InChI=1S/C27H39NO7S/c1-14-8-7-9-19-21(34-19)11-20(15(2)10-18-13-36-26(28-18)17(4)29)35-23(31)12-22(30)27(5,6)25(33)16(3)24(14)32/h10,13-14,16,19-22,24,30,32H,7-9,11-12H2,1-6H3/t14-,16+,19+,20-,21-,22-,24-/m0/s1. The zero-order valence-corrected chi connectivity index (χ0v) is 22.8. The molecule has 1 aromatic heterocycles. The highest BCUT2D eigenvalue weighted by atomic mass is 32.1. The van der Waals surface area contributed by atoms with Crippen LogP contribution in [0.15, 0.2) is 11.0 Å². The molecule has 0 aliphatic carbocycles. The maximum Gasteiger partial charge on any atom is 0.309 e. The van der Waals surface area contributed by atoms with Crippen LogP contribution in [0.3, 0.4) is 0 Å². The molecule has 0 radical (unpaired) electrons. The third kappa shape index (κ3) is 6.88. The molecule has 2 saturated heterocycles. The molecule has 3 heterocycles. The second kappa shape index (κ2) is 11.6. The van der Waals surface area contributed by atoms with Crippen LogP contribution in [0.2, 0.25) is 0 Å². The predicted octanol–water partition coefficient (Wildman–Crippen LogP) is 3.98. The van der Waals surface area contributed by atoms with Gasteiger partial charge < -0.3 is 19.7 Å². The van der Waals surface area contributed by atoms with Gasteiger partial charge in [0.15, 0.2) is 10.8 Å². The number of ether oxygens (including phenoxy) is 2. The van der Waals surface area contributed by atoms with E-state index in [0.29, 0.717) is 17.1 Å². The first-order valence-corrected chi connectivity index (χ1v) is 13.6. The molecule has 8 nitrogen and oxygen atoms in total. The maximum absolute atomic E-state index is 13.2. The van der Waals surface area contributed by atoms with Gasteiger partial charge in [-0.05, 0) is 37.3 Å². The number of Topliss-reactive ketones (excluding diaryl/α,β-unsaturated/α-hetero) is 2. The van der Waals surface area contributed by atoms with E-state index in [2.05, 4.69) is 4.98 Å². The quantitative estimate of drug-likeness (QED) is 0.347. The van der Waals surface area contributed by atoms with Gasteiger partial charge in [0.1, 0.15) is 11.9 Å². The molecule has 7 atom stereocenters. The molecule has 0 spiro atoms. The van der Waals surface area contributed by atoms with Gasteiger partial charge in [-0.1, -0.05) is 34.1 Å². The first-order valence-electron chi connectivity index (χ1n) is 12.7. The van der Waals surface area contributed by atoms with Crippen LogP contribution in [0, 0.1) is 17.3 Å². The number of carbonyl (C=O) groups excluding carboxylic acids is 3. The smallest absolute Gasteiger partial charge is 0.309 e. The Morgan fingerprint density at radius 3 is 2.50 bits per heavy atom. The first kappa shape index (κ1) is 28.6. The number of hydrogen-bond donors (Lipinski definition) is 2. The van der Waals surface area contributed by atoms with Crippen molar-refractivity contribution < 1.29 is 34.1 Å². The summed E-state index contributed by atoms with van der Waals surface area (Å²) < 4.78 is 11.7. The van der Waals surface area contributed by atoms with Crippen molar-refractivity contribution in [3.8, 4) is 0 Å². The number of cyclic esters (lactones) is 1. The number of aromatic nitrogens is 1. The molecular weight excluding hydrogens is 482 g/mol. The molecule has 200 valence electrons. The van der Waals surface area contributed by atoms with Crippen molar-refractivity contribution in [2.45, 2.75) is 104 Å². The van der Waals surface area contributed by atoms with Crippen molar-refractivity contribution in [1.82, 2.24) is 4.98 Å². The van der Waals surface area contributed by atoms with Gasteiger partial charge >= 0.3 is 5.97 Å². The molecule has 2 N–H and O–H groups in total. The summed E-state index contributed by atoms with van der Waals surface area (Å²) in [6.07, 6.45) is 1.68. The molecule has 2 fully saturated rings. The van der Waals surface area contributed by atoms with Gasteiger partial charge in [-0.2, -0.15) is 0 Å². The molecule has 0 amide bonds. The molecule has 0 bridgehead atoms. The van der Waals surface area contributed by atoms with Crippen LogP contribution in [-0.4, -0.2) is 63.3 Å². The average molecular weight is 522 g/mol. The van der Waals surface area contributed by atoms with Gasteiger partial charge in [0.25, 0.3) is 0 Å². The molecule has 9 heteroatoms. The van der Waals surface area contributed by atoms with Gasteiger partial charge in [-0.25, -0.2) is 4.98 Å². The second-order valence-electron chi connectivity index (χ2n) is 10.9. The highest BCUT2D eigenvalue weighted by molar-refractivity contribution is 7.11. The zero-order valence-electron chi connectivity index (χ0n) is 22.0. The number of fused-ring (bicyclic) bond motifs is 1. The average Bonchev–Trinajstić information content (AvgIpc) is 3.36. The van der Waals surface area contributed by atoms with Crippen LogP contribution in [0.25, 0.3) is 6.08 Å². The number of hydrogen-bond acceptors (Lipinski definition) is 9. The number of rotatable bonds is 3. The van der Waals surface area contributed by atoms with Crippen molar-refractivity contribution >= 4 is 34.9 Å². The SMILES string of the molecule is CC(=O)c1nc(C=C(C)[C@@H]2C[C@@H]3O[C@@H]3CCC[C@H](C)[C@H](O)[C@@H](C)C(=O)C(C)(C)[C@@H](O)CC(=O)O2)cs1. The van der Waals surface area contributed by atoms with Gasteiger partial charge in [-0.3, -0.25) is 14.4 Å². The minimum atomic E-state index is -1.26. The lowest BCUT2D eigenvalue weighted by Crippen LogP contribution is -2.45. The summed E-state index contributed by atoms with van der Waals surface area (Å²) in [6, 6.07) is 0. The molecule has 1 aromatic rings. The second-order valence-corrected chi connectivity index (χ2v) is 11.8. The van der Waals surface area contributed by atoms with E-state index in [1.165, 1.54) is 18.3 Å². The van der Waals surface area contributed by atoms with Crippen LogP contribution in [0.1, 0.15) is 89.1 Å². The fourth-order valence-corrected chi connectivity index (χ4v) is 5.53. The molecule has 0 unspecified atom stereocenters. The monoisotopic (exact) mass is 521 g/mol. The summed E-state index contributed by atoms with van der Waals surface area (Å²) in [6.45, 7) is 10.1. The number of nitrogens with zero attached hydrogens (tertiary/aromatic N) is 1. The van der Waals surface area contributed by atoms with Crippen LogP contribution in [0.4, 0.5) is 0 Å². The van der Waals surface area contributed by atoms with Gasteiger partial charge in [0, 0.05) is 24.6 Å². The Hall–Kier alpha value is -1.94. The third-order valence-corrected chi connectivity index (χ3v) is 8.56. The van der Waals surface area contributed by atoms with Crippen LogP contribution >= 0.6 is 11.3 Å². The number of carbonyl (C=O) groups is 3. The van der Waals surface area contributed by atoms with Crippen molar-refractivity contribution in [1.29, 1.82) is 0 Å². The van der Waals surface area contributed by atoms with E-state index in [1.54, 1.807) is 32.2 Å². The largest absolute Gasteiger partial charge is 0.458 e. The lowest BCUT2D eigenvalue weighted by atomic mass is 9.73. The van der Waals surface area contributed by atoms with Crippen LogP contribution in [-0.2, 0) is 19.1 Å². The summed E-state index contributed by atoms with van der Waals surface area (Å²) in [7, 11) is 0. The van der Waals surface area contributed by atoms with Crippen molar-refractivity contribution in [2.75, 3.05) is 0 Å². The van der Waals surface area contributed by atoms with Gasteiger partial charge in [0.2, 0.25) is 0 Å². The lowest BCUT2D eigenvalue weighted by Gasteiger charge is -2.34. The summed E-state index contributed by atoms with van der Waals surface area (Å²) >= 11 is 1.26. The Bertz CT molecular complexity index is 1000. The van der Waals surface area contributed by atoms with Gasteiger partial charge in [0.05, 0.1) is 41.9 Å². The van der Waals surface area contributed by atoms with Gasteiger partial charge in [-0.15, -0.1) is 11.3 Å². The Kier molecular flexibility index (Phi) is 9.25. The van der Waals surface area contributed by atoms with E-state index in [9.17, 15) is 24.6 Å². The molecular formula is C27H39NO7S. The molecule has 3 rings (SSSR count). The van der Waals surface area contributed by atoms with E-state index in [1.807, 2.05) is 13.8 Å². The fraction of sp³-hybridized carbons (Fsp3) is 0.704. The van der Waals surface area contributed by atoms with E-state index < -0.39 is 35.6 Å². The number of esters is 1. The van der Waals surface area contributed by atoms with E-state index >= 15 is 0 Å². The topological polar surface area (TPSA) is 126 Å². The molecule has 36 heavy (non-hydrogen) atoms. The van der Waals surface area contributed by atoms with Crippen molar-refractivity contribution in [2.24, 2.45) is 17.3 Å². The highest BCUT2D eigenvalue weighted by Crippen LogP contribution is 2.36. The van der Waals surface area contributed by atoms with E-state index in [-0.39, 0.29) is 36.1 Å². The maximum atomic E-state index is 13.2. The Morgan fingerprint density at radius 2 is 1.86 bits per heavy atom. The summed E-state index contributed by atoms with van der Waals surface area (Å²) in [5, 5.41) is 23.8. The number of thiazole rings is 1. The highest BCUT2D eigenvalue weighted by Gasteiger charge is 2.44. The Balaban J connectivity index is 1.82. The summed E-state index contributed by atoms with van der Waals surface area (Å²) in [5.74, 6) is -1.76. The minimum absolute atomic E-state index is 0.0515. The lowest BCUT2D eigenvalue weighted by molar-refractivity contribution is -0.154. The first-order chi connectivity index (χ1) is 16.8. The number of epoxide rings is 1. The van der Waals surface area contributed by atoms with E-state index in [0.717, 1.165) is 24.8 Å². The van der Waals surface area contributed by atoms with Crippen molar-refractivity contribution in [3.05, 3.63) is 21.7 Å². The molecule has 0 saturated carbocycles. The Morgan fingerprint density at radius 1 is 1.17 bits per heavy atom. The Labute approximate surface area is 217 Å². The normalized spacial score (nSPS) is 34.6. The van der Waals surface area contributed by atoms with Crippen molar-refractivity contribution in [3.63, 3.8) is 0 Å². The third-order valence-electron chi connectivity index (χ3n) is 7.60. The summed E-state index contributed by atoms with van der Waals surface area (Å²) in [4.78, 5) is 42.0. The molecule has 2 aliphatic rings. The molecule has 0 aromatic carbocycles. The zero-order chi connectivity index (χ0) is 26.8. The number of aliphatic hydroxyl groups is 2. The fourth-order valence-electron chi connectivity index (χ4n) is 4.85. The summed E-state index contributed by atoms with van der Waals surface area (Å²) in [5.41, 5.74) is 0.145. The van der Waals surface area contributed by atoms with Crippen LogP contribution in [0.5, 0.6) is 0 Å². The number of aliphatic hydroxyl groups excluding tert-OH is 2. The predicted molar refractivity (Wildman–Crippen MR) is 137 cm³/mol. The minimum Gasteiger partial charge on any atom is -0.458 e. The number of ketones is 2. The van der Waals surface area contributed by atoms with E-state index in [4.69, 9.17) is 9.47 Å². The van der Waals surface area contributed by atoms with Crippen LogP contribution < -0.4 is 0 Å².